The fourth-order valence-corrected chi connectivity index (χ4v) is 1.09. The standard InChI is InChI=1S/C7H4INO/c8-7-5(4-9)2-1-3-6(7)10/h1-3,10H. The molecule has 0 saturated heterocycles. The predicted octanol–water partition coefficient (Wildman–Crippen LogP) is 1.87. The summed E-state index contributed by atoms with van der Waals surface area (Å²) in [4.78, 5) is 0. The zero-order valence-electron chi connectivity index (χ0n) is 5.00. The molecule has 50 valence electrons. The van der Waals surface area contributed by atoms with Crippen LogP contribution in [-0.4, -0.2) is 5.11 Å². The number of halogens is 1. The molecule has 0 amide bonds. The molecule has 3 heteroatoms. The Morgan fingerprint density at radius 2 is 2.20 bits per heavy atom. The molecule has 1 rings (SSSR count). The van der Waals surface area contributed by atoms with E-state index in [2.05, 4.69) is 0 Å². The van der Waals surface area contributed by atoms with Gasteiger partial charge in [-0.3, -0.25) is 0 Å². The summed E-state index contributed by atoms with van der Waals surface area (Å²) < 4.78 is 0.614. The summed E-state index contributed by atoms with van der Waals surface area (Å²) in [6.45, 7) is 0. The van der Waals surface area contributed by atoms with Crippen molar-refractivity contribution in [1.82, 2.24) is 0 Å². The summed E-state index contributed by atoms with van der Waals surface area (Å²) in [5.74, 6) is 0.166. The van der Waals surface area contributed by atoms with Gasteiger partial charge in [-0.2, -0.15) is 5.26 Å². The Morgan fingerprint density at radius 3 is 2.70 bits per heavy atom. The van der Waals surface area contributed by atoms with Crippen LogP contribution in [0.4, 0.5) is 0 Å². The maximum Gasteiger partial charge on any atom is 0.130 e. The van der Waals surface area contributed by atoms with Gasteiger partial charge in [-0.05, 0) is 34.7 Å². The topological polar surface area (TPSA) is 44.0 Å². The number of nitrogens with zero attached hydrogens (tertiary/aromatic N) is 1. The van der Waals surface area contributed by atoms with Crippen molar-refractivity contribution in [1.29, 1.82) is 5.26 Å². The van der Waals surface area contributed by atoms with Crippen LogP contribution in [0, 0.1) is 14.9 Å². The van der Waals surface area contributed by atoms with Gasteiger partial charge in [0.25, 0.3) is 0 Å². The van der Waals surface area contributed by atoms with Gasteiger partial charge in [-0.25, -0.2) is 0 Å². The second kappa shape index (κ2) is 2.88. The zero-order valence-corrected chi connectivity index (χ0v) is 7.16. The molecule has 0 fully saturated rings. The minimum Gasteiger partial charge on any atom is -0.507 e. The fourth-order valence-electron chi connectivity index (χ4n) is 0.606. The molecule has 2 nitrogen and oxygen atoms in total. The molecule has 0 aromatic heterocycles. The normalized spacial score (nSPS) is 8.80. The molecule has 0 saturated carbocycles. The van der Waals surface area contributed by atoms with Crippen LogP contribution in [0.2, 0.25) is 0 Å². The Balaban J connectivity index is 3.31. The van der Waals surface area contributed by atoms with E-state index >= 15 is 0 Å². The van der Waals surface area contributed by atoms with Crippen LogP contribution in [0.5, 0.6) is 5.75 Å². The van der Waals surface area contributed by atoms with Gasteiger partial charge in [0, 0.05) is 0 Å². The number of hydrogen-bond donors (Lipinski definition) is 1. The first-order valence-electron chi connectivity index (χ1n) is 2.63. The van der Waals surface area contributed by atoms with Gasteiger partial charge >= 0.3 is 0 Å². The average molecular weight is 245 g/mol. The molecule has 1 N–H and O–H groups in total. The highest BCUT2D eigenvalue weighted by Crippen LogP contribution is 2.21. The highest BCUT2D eigenvalue weighted by atomic mass is 127. The lowest BCUT2D eigenvalue weighted by molar-refractivity contribution is 0.471. The summed E-state index contributed by atoms with van der Waals surface area (Å²) in [6.07, 6.45) is 0. The molecule has 0 spiro atoms. The second-order valence-corrected chi connectivity index (χ2v) is 2.83. The van der Waals surface area contributed by atoms with Crippen LogP contribution in [0.25, 0.3) is 0 Å². The van der Waals surface area contributed by atoms with E-state index in [0.717, 1.165) is 0 Å². The molecular formula is C7H4INO. The van der Waals surface area contributed by atoms with Crippen LogP contribution < -0.4 is 0 Å². The Bertz CT molecular complexity index is 290. The van der Waals surface area contributed by atoms with Crippen LogP contribution in [0.15, 0.2) is 18.2 Å². The lowest BCUT2D eigenvalue weighted by Gasteiger charge is -1.95. The molecule has 0 unspecified atom stereocenters. The van der Waals surface area contributed by atoms with Gasteiger partial charge in [0.1, 0.15) is 11.8 Å². The van der Waals surface area contributed by atoms with Gasteiger partial charge in [-0.15, -0.1) is 0 Å². The molecular weight excluding hydrogens is 241 g/mol. The minimum atomic E-state index is 0.166. The second-order valence-electron chi connectivity index (χ2n) is 1.75. The minimum absolute atomic E-state index is 0.166. The highest BCUT2D eigenvalue weighted by Gasteiger charge is 2.00. The Labute approximate surface area is 72.2 Å². The van der Waals surface area contributed by atoms with Crippen molar-refractivity contribution in [3.63, 3.8) is 0 Å². The van der Waals surface area contributed by atoms with Crippen LogP contribution in [0.1, 0.15) is 5.56 Å². The number of nitriles is 1. The number of aromatic hydroxyl groups is 1. The smallest absolute Gasteiger partial charge is 0.130 e. The first kappa shape index (κ1) is 7.35. The van der Waals surface area contributed by atoms with E-state index in [0.29, 0.717) is 9.13 Å². The quantitative estimate of drug-likeness (QED) is 0.709. The lowest BCUT2D eigenvalue weighted by Crippen LogP contribution is -1.79. The summed E-state index contributed by atoms with van der Waals surface area (Å²) in [5, 5.41) is 17.5. The number of rotatable bonds is 0. The van der Waals surface area contributed by atoms with Crippen molar-refractivity contribution in [2.24, 2.45) is 0 Å². The van der Waals surface area contributed by atoms with Crippen molar-refractivity contribution in [2.45, 2.75) is 0 Å². The first-order valence-corrected chi connectivity index (χ1v) is 3.71. The van der Waals surface area contributed by atoms with Crippen molar-refractivity contribution in [3.05, 3.63) is 27.3 Å². The summed E-state index contributed by atoms with van der Waals surface area (Å²) in [6, 6.07) is 6.84. The third-order valence-corrected chi connectivity index (χ3v) is 2.23. The van der Waals surface area contributed by atoms with Crippen molar-refractivity contribution in [2.75, 3.05) is 0 Å². The predicted molar refractivity (Wildman–Crippen MR) is 45.5 cm³/mol. The molecule has 0 heterocycles. The molecule has 0 bridgehead atoms. The SMILES string of the molecule is N#Cc1cccc(O)c1I. The molecule has 1 aromatic carbocycles. The maximum absolute atomic E-state index is 9.07. The third kappa shape index (κ3) is 1.21. The van der Waals surface area contributed by atoms with E-state index < -0.39 is 0 Å². The number of hydrogen-bond acceptors (Lipinski definition) is 2. The monoisotopic (exact) mass is 245 g/mol. The largest absolute Gasteiger partial charge is 0.507 e. The number of benzene rings is 1. The van der Waals surface area contributed by atoms with Gasteiger partial charge < -0.3 is 5.11 Å². The first-order chi connectivity index (χ1) is 4.75. The van der Waals surface area contributed by atoms with Crippen LogP contribution in [-0.2, 0) is 0 Å². The molecule has 0 aliphatic carbocycles. The van der Waals surface area contributed by atoms with Crippen molar-refractivity contribution >= 4 is 22.6 Å². The molecule has 10 heavy (non-hydrogen) atoms. The fraction of sp³-hybridized carbons (Fsp3) is 0. The molecule has 1 aromatic rings. The number of phenols is 1. The van der Waals surface area contributed by atoms with Crippen LogP contribution >= 0.6 is 22.6 Å². The van der Waals surface area contributed by atoms with Gasteiger partial charge in [0.2, 0.25) is 0 Å². The summed E-state index contributed by atoms with van der Waals surface area (Å²) >= 11 is 1.93. The summed E-state index contributed by atoms with van der Waals surface area (Å²) in [5.41, 5.74) is 0.514. The van der Waals surface area contributed by atoms with E-state index in [9.17, 15) is 0 Å². The van der Waals surface area contributed by atoms with Gasteiger partial charge in [0.15, 0.2) is 0 Å². The molecule has 0 atom stereocenters. The lowest BCUT2D eigenvalue weighted by atomic mass is 10.2. The summed E-state index contributed by atoms with van der Waals surface area (Å²) in [7, 11) is 0. The van der Waals surface area contributed by atoms with E-state index in [1.807, 2.05) is 28.7 Å². The average Bonchev–Trinajstić information content (AvgIpc) is 1.95. The zero-order chi connectivity index (χ0) is 7.56. The van der Waals surface area contributed by atoms with Gasteiger partial charge in [-0.1, -0.05) is 6.07 Å². The van der Waals surface area contributed by atoms with E-state index in [1.54, 1.807) is 18.2 Å². The molecule has 0 aliphatic heterocycles. The maximum atomic E-state index is 9.07. The Kier molecular flexibility index (Phi) is 2.12. The van der Waals surface area contributed by atoms with Crippen molar-refractivity contribution < 1.29 is 5.11 Å². The molecule has 0 radical (unpaired) electrons. The third-order valence-electron chi connectivity index (χ3n) is 1.10. The Morgan fingerprint density at radius 1 is 1.50 bits per heavy atom. The van der Waals surface area contributed by atoms with Crippen molar-refractivity contribution in [3.8, 4) is 11.8 Å². The highest BCUT2D eigenvalue weighted by molar-refractivity contribution is 14.1. The molecule has 0 aliphatic rings. The van der Waals surface area contributed by atoms with Crippen LogP contribution in [0.3, 0.4) is 0 Å². The van der Waals surface area contributed by atoms with E-state index in [4.69, 9.17) is 10.4 Å². The Hall–Kier alpha value is -0.760. The number of phenolic OH excluding ortho intramolecular Hbond substituents is 1. The van der Waals surface area contributed by atoms with E-state index in [1.165, 1.54) is 0 Å². The van der Waals surface area contributed by atoms with Gasteiger partial charge in [0.05, 0.1) is 9.13 Å². The van der Waals surface area contributed by atoms with E-state index in [-0.39, 0.29) is 5.75 Å².